The van der Waals surface area contributed by atoms with E-state index < -0.39 is 0 Å². The molecule has 0 spiro atoms. The van der Waals surface area contributed by atoms with Gasteiger partial charge in [-0.15, -0.1) is 0 Å². The van der Waals surface area contributed by atoms with E-state index in [0.717, 1.165) is 53.2 Å². The zero-order chi connectivity index (χ0) is 22.5. The smallest absolute Gasteiger partial charge is 0.145 e. The highest BCUT2D eigenvalue weighted by molar-refractivity contribution is 6.30. The lowest BCUT2D eigenvalue weighted by Crippen LogP contribution is -2.08. The number of anilines is 1. The number of rotatable bonds is 9. The Morgan fingerprint density at radius 1 is 1.00 bits per heavy atom. The Morgan fingerprint density at radius 3 is 2.47 bits per heavy atom. The molecule has 0 atom stereocenters. The average molecular weight is 446 g/mol. The zero-order valence-electron chi connectivity index (χ0n) is 18.5. The zero-order valence-corrected chi connectivity index (χ0v) is 19.3. The van der Waals surface area contributed by atoms with Crippen molar-refractivity contribution >= 4 is 34.1 Å². The number of hydrogen-bond donors (Lipinski definition) is 1. The van der Waals surface area contributed by atoms with E-state index in [1.54, 1.807) is 0 Å². The summed E-state index contributed by atoms with van der Waals surface area (Å²) in [5.74, 6) is 1.35. The van der Waals surface area contributed by atoms with Crippen molar-refractivity contribution in [1.29, 1.82) is 0 Å². The number of aromatic nitrogens is 2. The summed E-state index contributed by atoms with van der Waals surface area (Å²) in [6, 6.07) is 24.3. The number of para-hydroxylation sites is 1. The highest BCUT2D eigenvalue weighted by atomic mass is 35.5. The highest BCUT2D eigenvalue weighted by Crippen LogP contribution is 2.31. The van der Waals surface area contributed by atoms with Crippen molar-refractivity contribution in [3.63, 3.8) is 0 Å². The first-order chi connectivity index (χ1) is 15.5. The molecule has 0 saturated heterocycles. The third-order valence-electron chi connectivity index (χ3n) is 5.59. The van der Waals surface area contributed by atoms with Crippen molar-refractivity contribution in [3.8, 4) is 17.1 Å². The number of carbonyl (C=O) groups is 1. The molecule has 0 fully saturated rings. The highest BCUT2D eigenvalue weighted by Gasteiger charge is 2.15. The summed E-state index contributed by atoms with van der Waals surface area (Å²) >= 11 is 6.10. The second kappa shape index (κ2) is 10.0. The van der Waals surface area contributed by atoms with E-state index in [4.69, 9.17) is 16.6 Å². The van der Waals surface area contributed by atoms with E-state index in [0.29, 0.717) is 17.2 Å². The van der Waals surface area contributed by atoms with Crippen LogP contribution in [0.2, 0.25) is 5.02 Å². The van der Waals surface area contributed by atoms with Crippen LogP contribution in [-0.4, -0.2) is 21.9 Å². The van der Waals surface area contributed by atoms with E-state index in [1.807, 2.05) is 56.3 Å². The van der Waals surface area contributed by atoms with E-state index in [9.17, 15) is 4.79 Å². The number of imidazole rings is 1. The Kier molecular flexibility index (Phi) is 6.91. The second-order valence-corrected chi connectivity index (χ2v) is 8.76. The number of unbranched alkanes of at least 4 members (excludes halogenated alkanes) is 1. The quantitative estimate of drug-likeness (QED) is 0.278. The molecule has 1 N–H and O–H groups in total. The van der Waals surface area contributed by atoms with Crippen LogP contribution in [0.3, 0.4) is 0 Å². The fourth-order valence-electron chi connectivity index (χ4n) is 3.76. The lowest BCUT2D eigenvalue weighted by Gasteiger charge is -2.11. The Hall–Kier alpha value is -3.11. The van der Waals surface area contributed by atoms with Crippen LogP contribution in [0.25, 0.3) is 28.1 Å². The first-order valence-corrected chi connectivity index (χ1v) is 11.5. The fraction of sp³-hybridized carbons (Fsp3) is 0.259. The summed E-state index contributed by atoms with van der Waals surface area (Å²) < 4.78 is 2.19. The predicted molar refractivity (Wildman–Crippen MR) is 134 cm³/mol. The van der Waals surface area contributed by atoms with Gasteiger partial charge in [-0.2, -0.15) is 0 Å². The SMILES string of the molecule is CC(C)C(=O)CCCCNc1ccc2nc(-c3ccc(Cl)cc3)n(-c3ccccc3)c2c1. The van der Waals surface area contributed by atoms with Crippen molar-refractivity contribution in [2.75, 3.05) is 11.9 Å². The van der Waals surface area contributed by atoms with Crippen molar-refractivity contribution < 1.29 is 4.79 Å². The standard InChI is InChI=1S/C27H28ClN3O/c1-19(2)26(32)10-6-7-17-29-22-15-16-24-25(18-22)31(23-8-4-3-5-9-23)27(30-24)20-11-13-21(28)14-12-20/h3-5,8-9,11-16,18-19,29H,6-7,10,17H2,1-2H3. The number of nitrogens with one attached hydrogen (secondary N) is 1. The number of carbonyl (C=O) groups excluding carboxylic acids is 1. The molecule has 4 rings (SSSR count). The molecule has 1 aromatic heterocycles. The van der Waals surface area contributed by atoms with Crippen LogP contribution in [-0.2, 0) is 4.79 Å². The molecular formula is C27H28ClN3O. The number of hydrogen-bond acceptors (Lipinski definition) is 3. The van der Waals surface area contributed by atoms with Gasteiger partial charge in [0.1, 0.15) is 11.6 Å². The summed E-state index contributed by atoms with van der Waals surface area (Å²) in [7, 11) is 0. The Labute approximate surface area is 194 Å². The minimum atomic E-state index is 0.124. The number of halogens is 1. The van der Waals surface area contributed by atoms with Crippen LogP contribution >= 0.6 is 11.6 Å². The van der Waals surface area contributed by atoms with E-state index >= 15 is 0 Å². The van der Waals surface area contributed by atoms with Crippen molar-refractivity contribution in [2.24, 2.45) is 5.92 Å². The minimum absolute atomic E-state index is 0.124. The van der Waals surface area contributed by atoms with Crippen molar-refractivity contribution in [2.45, 2.75) is 33.1 Å². The Bertz CT molecular complexity index is 1200. The largest absolute Gasteiger partial charge is 0.385 e. The minimum Gasteiger partial charge on any atom is -0.385 e. The molecule has 164 valence electrons. The maximum atomic E-state index is 11.8. The molecule has 32 heavy (non-hydrogen) atoms. The summed E-state index contributed by atoms with van der Waals surface area (Å²) in [4.78, 5) is 16.7. The van der Waals surface area contributed by atoms with Crippen LogP contribution in [0, 0.1) is 5.92 Å². The average Bonchev–Trinajstić information content (AvgIpc) is 3.18. The van der Waals surface area contributed by atoms with Crippen LogP contribution in [0.4, 0.5) is 5.69 Å². The second-order valence-electron chi connectivity index (χ2n) is 8.32. The first-order valence-electron chi connectivity index (χ1n) is 11.1. The Balaban J connectivity index is 1.61. The lowest BCUT2D eigenvalue weighted by molar-refractivity contribution is -0.122. The number of ketones is 1. The van der Waals surface area contributed by atoms with Crippen molar-refractivity contribution in [3.05, 3.63) is 77.8 Å². The molecule has 0 aliphatic heterocycles. The molecule has 4 nitrogen and oxygen atoms in total. The molecule has 0 aliphatic carbocycles. The third-order valence-corrected chi connectivity index (χ3v) is 5.85. The number of Topliss-reactive ketones (excluding diaryl/α,β-unsaturated/α-hetero) is 1. The van der Waals surface area contributed by atoms with Crippen LogP contribution < -0.4 is 5.32 Å². The number of fused-ring (bicyclic) bond motifs is 1. The molecule has 4 aromatic rings. The molecule has 0 bridgehead atoms. The Morgan fingerprint density at radius 2 is 1.75 bits per heavy atom. The van der Waals surface area contributed by atoms with Gasteiger partial charge >= 0.3 is 0 Å². The molecule has 1 heterocycles. The molecule has 5 heteroatoms. The maximum absolute atomic E-state index is 11.8. The molecule has 0 aliphatic rings. The van der Waals surface area contributed by atoms with Gasteiger partial charge in [-0.25, -0.2) is 4.98 Å². The van der Waals surface area contributed by atoms with Gasteiger partial charge in [-0.3, -0.25) is 9.36 Å². The summed E-state index contributed by atoms with van der Waals surface area (Å²) in [6.07, 6.45) is 2.53. The first kappa shape index (κ1) is 22.1. The van der Waals surface area contributed by atoms with Gasteiger partial charge in [0.15, 0.2) is 0 Å². The van der Waals surface area contributed by atoms with Gasteiger partial charge in [0, 0.05) is 40.8 Å². The van der Waals surface area contributed by atoms with Gasteiger partial charge in [0.05, 0.1) is 11.0 Å². The van der Waals surface area contributed by atoms with E-state index in [-0.39, 0.29) is 5.92 Å². The lowest BCUT2D eigenvalue weighted by atomic mass is 10.0. The molecule has 3 aromatic carbocycles. The fourth-order valence-corrected chi connectivity index (χ4v) is 3.89. The van der Waals surface area contributed by atoms with E-state index in [1.165, 1.54) is 0 Å². The summed E-state index contributed by atoms with van der Waals surface area (Å²) in [5.41, 5.74) is 5.10. The van der Waals surface area contributed by atoms with Crippen LogP contribution in [0.15, 0.2) is 72.8 Å². The van der Waals surface area contributed by atoms with Gasteiger partial charge in [0.2, 0.25) is 0 Å². The van der Waals surface area contributed by atoms with Gasteiger partial charge in [-0.1, -0.05) is 43.6 Å². The van der Waals surface area contributed by atoms with Gasteiger partial charge in [-0.05, 0) is 67.4 Å². The van der Waals surface area contributed by atoms with Crippen molar-refractivity contribution in [1.82, 2.24) is 9.55 Å². The van der Waals surface area contributed by atoms with Crippen LogP contribution in [0.5, 0.6) is 0 Å². The topological polar surface area (TPSA) is 46.9 Å². The molecule has 0 amide bonds. The monoisotopic (exact) mass is 445 g/mol. The number of benzene rings is 3. The van der Waals surface area contributed by atoms with Gasteiger partial charge < -0.3 is 5.32 Å². The summed E-state index contributed by atoms with van der Waals surface area (Å²) in [6.45, 7) is 4.76. The third kappa shape index (κ3) is 5.03. The van der Waals surface area contributed by atoms with Gasteiger partial charge in [0.25, 0.3) is 0 Å². The summed E-state index contributed by atoms with van der Waals surface area (Å²) in [5, 5.41) is 4.21. The molecule has 0 saturated carbocycles. The maximum Gasteiger partial charge on any atom is 0.145 e. The molecule has 0 radical (unpaired) electrons. The number of nitrogens with zero attached hydrogens (tertiary/aromatic N) is 2. The normalized spacial score (nSPS) is 11.2. The molecule has 0 unspecified atom stereocenters. The predicted octanol–water partition coefficient (Wildman–Crippen LogP) is 7.15. The van der Waals surface area contributed by atoms with E-state index in [2.05, 4.69) is 40.2 Å². The molecular weight excluding hydrogens is 418 g/mol. The van der Waals surface area contributed by atoms with Crippen LogP contribution in [0.1, 0.15) is 33.1 Å².